The Bertz CT molecular complexity index is 2110. The van der Waals surface area contributed by atoms with Gasteiger partial charge in [0.15, 0.2) is 5.82 Å². The normalized spacial score (nSPS) is 16.7. The van der Waals surface area contributed by atoms with Crippen LogP contribution in [0, 0.1) is 29.4 Å². The second-order valence-electron chi connectivity index (χ2n) is 14.5. The smallest absolute Gasteiger partial charge is 0.319 e. The molecule has 2 saturated carbocycles. The third kappa shape index (κ3) is 8.81. The number of nitrogens with one attached hydrogen (secondary N) is 1. The van der Waals surface area contributed by atoms with Gasteiger partial charge in [-0.3, -0.25) is 4.79 Å². The fraction of sp³-hybridized carbons (Fsp3) is 0.429. The van der Waals surface area contributed by atoms with Gasteiger partial charge in [-0.1, -0.05) is 24.1 Å². The second-order valence-corrected chi connectivity index (χ2v) is 14.5. The summed E-state index contributed by atoms with van der Waals surface area (Å²) < 4.78 is 57.4. The first-order valence-electron chi connectivity index (χ1n) is 18.6. The van der Waals surface area contributed by atoms with E-state index in [1.165, 1.54) is 50.6 Å². The standard InChI is InChI=1S/C36H36F3N5O3.C6H11NO/c1-5-14-44(15-6-2)33-29-32(41-35(42-33)47-21-36(12-13-36)20-43-16-10-23(37)11-17-43)30(39)31(40-34(29)46-4)26-19-24(45)18-22-8-9-27(38)25(7-3)28(22)26;1-5(8)7-6-3-2-4-6/h3,5-6,8-9,18-19,23,45H,1-2,10-17,20-21H2,4H3;6H,2-4H2,1H3,(H,7,8). The van der Waals surface area contributed by atoms with Crippen molar-refractivity contribution in [1.29, 1.82) is 0 Å². The summed E-state index contributed by atoms with van der Waals surface area (Å²) in [7, 11) is 1.39. The van der Waals surface area contributed by atoms with Crippen molar-refractivity contribution >= 4 is 33.4 Å². The Morgan fingerprint density at radius 1 is 1.11 bits per heavy atom. The number of methoxy groups -OCH3 is 1. The number of likely N-dealkylation sites (tertiary alicyclic amines) is 1. The molecule has 4 aromatic rings. The number of nitrogens with zero attached hydrogens (tertiary/aromatic N) is 5. The van der Waals surface area contributed by atoms with Crippen molar-refractivity contribution in [3.05, 3.63) is 66.8 Å². The number of phenols is 1. The van der Waals surface area contributed by atoms with Crippen LogP contribution >= 0.6 is 0 Å². The van der Waals surface area contributed by atoms with Crippen LogP contribution in [0.3, 0.4) is 0 Å². The fourth-order valence-corrected chi connectivity index (χ4v) is 7.15. The lowest BCUT2D eigenvalue weighted by molar-refractivity contribution is -0.120. The summed E-state index contributed by atoms with van der Waals surface area (Å²) in [4.78, 5) is 28.2. The van der Waals surface area contributed by atoms with Gasteiger partial charge >= 0.3 is 6.01 Å². The number of amides is 1. The number of anilines is 1. The number of hydrogen-bond acceptors (Lipinski definition) is 9. The number of rotatable bonds is 13. The fourth-order valence-electron chi connectivity index (χ4n) is 7.15. The van der Waals surface area contributed by atoms with E-state index in [1.54, 1.807) is 19.1 Å². The number of aromatic hydroxyl groups is 1. The Labute approximate surface area is 319 Å². The van der Waals surface area contributed by atoms with E-state index in [0.717, 1.165) is 19.4 Å². The third-order valence-corrected chi connectivity index (χ3v) is 10.4. The molecule has 7 rings (SSSR count). The molecule has 0 radical (unpaired) electrons. The number of hydrogen-bond donors (Lipinski definition) is 2. The highest BCUT2D eigenvalue weighted by atomic mass is 19.1. The first-order chi connectivity index (χ1) is 26.5. The van der Waals surface area contributed by atoms with Gasteiger partial charge in [-0.25, -0.2) is 18.2 Å². The number of carbonyl (C=O) groups excluding carboxylic acids is 1. The van der Waals surface area contributed by atoms with Crippen molar-refractivity contribution in [3.63, 3.8) is 0 Å². The minimum absolute atomic E-state index is 0.00107. The molecule has 0 atom stereocenters. The van der Waals surface area contributed by atoms with Gasteiger partial charge in [-0.2, -0.15) is 9.97 Å². The number of fused-ring (bicyclic) bond motifs is 2. The van der Waals surface area contributed by atoms with Crippen molar-refractivity contribution in [2.45, 2.75) is 64.1 Å². The van der Waals surface area contributed by atoms with E-state index < -0.39 is 17.8 Å². The topological polar surface area (TPSA) is 113 Å². The third-order valence-electron chi connectivity index (χ3n) is 10.4. The zero-order chi connectivity index (χ0) is 39.3. The molecular weight excluding hydrogens is 709 g/mol. The molecule has 290 valence electrons. The van der Waals surface area contributed by atoms with Crippen molar-refractivity contribution in [2.24, 2.45) is 5.41 Å². The van der Waals surface area contributed by atoms with Crippen molar-refractivity contribution in [2.75, 3.05) is 51.3 Å². The van der Waals surface area contributed by atoms with Crippen LogP contribution < -0.4 is 19.7 Å². The number of aromatic nitrogens is 3. The van der Waals surface area contributed by atoms with Crippen LogP contribution in [0.25, 0.3) is 32.9 Å². The minimum Gasteiger partial charge on any atom is -0.508 e. The first-order valence-corrected chi connectivity index (χ1v) is 18.6. The predicted molar refractivity (Wildman–Crippen MR) is 208 cm³/mol. The quantitative estimate of drug-likeness (QED) is 0.108. The lowest BCUT2D eigenvalue weighted by Crippen LogP contribution is -2.39. The molecule has 0 spiro atoms. The summed E-state index contributed by atoms with van der Waals surface area (Å²) in [5.74, 6) is 1.03. The summed E-state index contributed by atoms with van der Waals surface area (Å²) in [6.45, 7) is 12.4. The maximum absolute atomic E-state index is 16.9. The molecular formula is C42H47F3N6O4. The Morgan fingerprint density at radius 2 is 1.82 bits per heavy atom. The molecule has 0 unspecified atom stereocenters. The molecule has 2 aliphatic carbocycles. The number of phenolic OH excluding ortho intramolecular Hbond substituents is 1. The van der Waals surface area contributed by atoms with Gasteiger partial charge < -0.3 is 29.7 Å². The predicted octanol–water partition coefficient (Wildman–Crippen LogP) is 7.27. The van der Waals surface area contributed by atoms with Gasteiger partial charge in [-0.05, 0) is 68.5 Å². The van der Waals surface area contributed by atoms with Gasteiger partial charge in [-0.15, -0.1) is 19.6 Å². The number of alkyl halides is 1. The summed E-state index contributed by atoms with van der Waals surface area (Å²) in [5.41, 5.74) is -0.550. The number of piperidine rings is 1. The highest BCUT2D eigenvalue weighted by Gasteiger charge is 2.45. The Kier molecular flexibility index (Phi) is 12.1. The zero-order valence-corrected chi connectivity index (χ0v) is 31.3. The van der Waals surface area contributed by atoms with Crippen LogP contribution in [0.5, 0.6) is 17.6 Å². The lowest BCUT2D eigenvalue weighted by Gasteiger charge is -2.31. The van der Waals surface area contributed by atoms with E-state index in [9.17, 15) is 18.7 Å². The van der Waals surface area contributed by atoms with Crippen molar-refractivity contribution in [1.82, 2.24) is 25.2 Å². The van der Waals surface area contributed by atoms with E-state index in [0.29, 0.717) is 62.9 Å². The van der Waals surface area contributed by atoms with E-state index in [4.69, 9.17) is 20.9 Å². The molecule has 3 aliphatic rings. The Balaban J connectivity index is 0.000000572. The van der Waals surface area contributed by atoms with Gasteiger partial charge in [0.05, 0.1) is 19.3 Å². The number of ether oxygens (including phenoxy) is 2. The molecule has 1 saturated heterocycles. The number of halogens is 3. The Hall–Kier alpha value is -5.35. The minimum atomic E-state index is -0.860. The van der Waals surface area contributed by atoms with Crippen molar-refractivity contribution < 1.29 is 32.5 Å². The van der Waals surface area contributed by atoms with Crippen LogP contribution in [0.1, 0.15) is 57.4 Å². The maximum atomic E-state index is 16.9. The molecule has 2 aromatic heterocycles. The highest BCUT2D eigenvalue weighted by Crippen LogP contribution is 2.47. The van der Waals surface area contributed by atoms with Gasteiger partial charge in [0.1, 0.15) is 40.2 Å². The molecule has 55 heavy (non-hydrogen) atoms. The number of benzene rings is 2. The molecule has 1 amide bonds. The van der Waals surface area contributed by atoms with Crippen LogP contribution in [-0.4, -0.2) is 89.5 Å². The van der Waals surface area contributed by atoms with Crippen LogP contribution in [0.4, 0.5) is 19.0 Å². The highest BCUT2D eigenvalue weighted by molar-refractivity contribution is 6.04. The van der Waals surface area contributed by atoms with Gasteiger partial charge in [0, 0.05) is 62.1 Å². The molecule has 0 bridgehead atoms. The SMILES string of the molecule is C#Cc1c(F)ccc2cc(O)cc(-c3nc(OC)c4c(N(CC=C)CC=C)nc(OCC5(CN6CCC(F)CC6)CC5)nc4c3F)c12.CC(=O)NC1CCC1. The number of pyridine rings is 1. The molecule has 13 heteroatoms. The number of terminal acetylenes is 1. The van der Waals surface area contributed by atoms with Gasteiger partial charge in [0.25, 0.3) is 0 Å². The largest absolute Gasteiger partial charge is 0.508 e. The van der Waals surface area contributed by atoms with Crippen LogP contribution in [0.15, 0.2) is 49.6 Å². The maximum Gasteiger partial charge on any atom is 0.319 e. The van der Waals surface area contributed by atoms with E-state index >= 15 is 4.39 Å². The first kappa shape index (κ1) is 39.3. The van der Waals surface area contributed by atoms with Crippen LogP contribution in [-0.2, 0) is 4.79 Å². The lowest BCUT2D eigenvalue weighted by atomic mass is 9.93. The van der Waals surface area contributed by atoms with E-state index in [-0.39, 0.29) is 62.1 Å². The van der Waals surface area contributed by atoms with E-state index in [2.05, 4.69) is 39.3 Å². The van der Waals surface area contributed by atoms with Crippen molar-refractivity contribution in [3.8, 4) is 41.2 Å². The molecule has 3 fully saturated rings. The van der Waals surface area contributed by atoms with E-state index in [1.807, 2.05) is 4.90 Å². The molecule has 2 aromatic carbocycles. The Morgan fingerprint density at radius 3 is 2.38 bits per heavy atom. The van der Waals surface area contributed by atoms with Gasteiger partial charge in [0.2, 0.25) is 11.8 Å². The second kappa shape index (κ2) is 17.0. The molecule has 3 heterocycles. The van der Waals surface area contributed by atoms with Crippen LogP contribution in [0.2, 0.25) is 0 Å². The average molecular weight is 757 g/mol. The summed E-state index contributed by atoms with van der Waals surface area (Å²) in [6, 6.07) is 5.80. The summed E-state index contributed by atoms with van der Waals surface area (Å²) in [6.07, 6.45) is 14.9. The molecule has 2 N–H and O–H groups in total. The zero-order valence-electron chi connectivity index (χ0n) is 31.3. The summed E-state index contributed by atoms with van der Waals surface area (Å²) >= 11 is 0. The average Bonchev–Trinajstić information content (AvgIpc) is 3.92. The number of carbonyl (C=O) groups is 1. The summed E-state index contributed by atoms with van der Waals surface area (Å²) in [5, 5.41) is 14.2. The molecule has 10 nitrogen and oxygen atoms in total. The monoisotopic (exact) mass is 756 g/mol. The molecule has 1 aliphatic heterocycles.